The fourth-order valence-electron chi connectivity index (χ4n) is 2.25. The highest BCUT2D eigenvalue weighted by molar-refractivity contribution is 6.31. The highest BCUT2D eigenvalue weighted by Crippen LogP contribution is 2.31. The second kappa shape index (κ2) is 6.97. The van der Waals surface area contributed by atoms with Crippen LogP contribution in [0.5, 0.6) is 0 Å². The van der Waals surface area contributed by atoms with Gasteiger partial charge in [-0.15, -0.1) is 0 Å². The van der Waals surface area contributed by atoms with E-state index < -0.39 is 0 Å². The molecule has 0 saturated carbocycles. The van der Waals surface area contributed by atoms with Gasteiger partial charge in [0, 0.05) is 41.6 Å². The zero-order valence-electron chi connectivity index (χ0n) is 13.2. The normalized spacial score (nSPS) is 11.0. The van der Waals surface area contributed by atoms with Crippen LogP contribution < -0.4 is 10.2 Å². The molecule has 0 saturated heterocycles. The predicted octanol–water partition coefficient (Wildman–Crippen LogP) is 4.91. The molecule has 1 N–H and O–H groups in total. The Morgan fingerprint density at radius 2 is 1.76 bits per heavy atom. The average molecular weight is 303 g/mol. The van der Waals surface area contributed by atoms with Gasteiger partial charge in [-0.3, -0.25) is 0 Å². The minimum atomic E-state index is 0.429. The van der Waals surface area contributed by atoms with E-state index in [9.17, 15) is 0 Å². The largest absolute Gasteiger partial charge is 0.344 e. The van der Waals surface area contributed by atoms with Crippen molar-refractivity contribution in [2.75, 3.05) is 11.9 Å². The number of aryl methyl sites for hydroxylation is 1. The van der Waals surface area contributed by atoms with Crippen molar-refractivity contribution < 1.29 is 0 Å². The van der Waals surface area contributed by atoms with Gasteiger partial charge in [0.1, 0.15) is 0 Å². The van der Waals surface area contributed by atoms with Crippen molar-refractivity contribution in [2.24, 2.45) is 0 Å². The van der Waals surface area contributed by atoms with Crippen molar-refractivity contribution in [3.05, 3.63) is 58.6 Å². The van der Waals surface area contributed by atoms with Crippen LogP contribution in [0.4, 0.5) is 11.4 Å². The van der Waals surface area contributed by atoms with Gasteiger partial charge in [0.05, 0.1) is 0 Å². The van der Waals surface area contributed by atoms with Crippen LogP contribution >= 0.6 is 11.6 Å². The Hall–Kier alpha value is -1.51. The number of rotatable bonds is 5. The van der Waals surface area contributed by atoms with E-state index >= 15 is 0 Å². The average Bonchev–Trinajstić information content (AvgIpc) is 2.45. The lowest BCUT2D eigenvalue weighted by Gasteiger charge is -2.24. The molecule has 0 unspecified atom stereocenters. The maximum absolute atomic E-state index is 6.40. The molecule has 0 bridgehead atoms. The third-order valence-electron chi connectivity index (χ3n) is 3.56. The summed E-state index contributed by atoms with van der Waals surface area (Å²) in [6.45, 7) is 7.14. The van der Waals surface area contributed by atoms with Gasteiger partial charge < -0.3 is 10.2 Å². The van der Waals surface area contributed by atoms with Gasteiger partial charge in [0.15, 0.2) is 0 Å². The molecule has 0 aliphatic carbocycles. The molecule has 21 heavy (non-hydrogen) atoms. The molecule has 2 aromatic rings. The first-order valence-electron chi connectivity index (χ1n) is 7.30. The molecule has 3 heteroatoms. The quantitative estimate of drug-likeness (QED) is 0.844. The predicted molar refractivity (Wildman–Crippen MR) is 92.7 cm³/mol. The lowest BCUT2D eigenvalue weighted by atomic mass is 10.1. The third kappa shape index (κ3) is 3.99. The first-order chi connectivity index (χ1) is 9.99. The zero-order valence-corrected chi connectivity index (χ0v) is 13.9. The van der Waals surface area contributed by atoms with Gasteiger partial charge in [-0.2, -0.15) is 0 Å². The van der Waals surface area contributed by atoms with Crippen molar-refractivity contribution in [3.63, 3.8) is 0 Å². The molecule has 0 amide bonds. The lowest BCUT2D eigenvalue weighted by molar-refractivity contribution is 0.589. The number of benzene rings is 2. The van der Waals surface area contributed by atoms with Crippen molar-refractivity contribution in [1.82, 2.24) is 5.32 Å². The van der Waals surface area contributed by atoms with Crippen molar-refractivity contribution in [3.8, 4) is 0 Å². The topological polar surface area (TPSA) is 15.3 Å². The summed E-state index contributed by atoms with van der Waals surface area (Å²) in [6.07, 6.45) is 0. The Morgan fingerprint density at radius 3 is 2.38 bits per heavy atom. The summed E-state index contributed by atoms with van der Waals surface area (Å²) in [6, 6.07) is 15.0. The SMILES string of the molecule is Cc1ccc(N(C)c2cccc(Cl)c2CNC(C)C)cc1. The molecular weight excluding hydrogens is 280 g/mol. The molecule has 0 fully saturated rings. The van der Waals surface area contributed by atoms with Crippen LogP contribution in [0.3, 0.4) is 0 Å². The van der Waals surface area contributed by atoms with E-state index in [4.69, 9.17) is 11.6 Å². The van der Waals surface area contributed by atoms with E-state index in [0.717, 1.165) is 28.5 Å². The monoisotopic (exact) mass is 302 g/mol. The maximum Gasteiger partial charge on any atom is 0.0471 e. The summed E-state index contributed by atoms with van der Waals surface area (Å²) < 4.78 is 0. The summed E-state index contributed by atoms with van der Waals surface area (Å²) in [5.41, 5.74) is 4.70. The number of hydrogen-bond acceptors (Lipinski definition) is 2. The number of hydrogen-bond donors (Lipinski definition) is 1. The molecule has 0 radical (unpaired) electrons. The molecule has 0 atom stereocenters. The van der Waals surface area contributed by atoms with Gasteiger partial charge in [0.2, 0.25) is 0 Å². The summed E-state index contributed by atoms with van der Waals surface area (Å²) in [5, 5.41) is 4.25. The molecule has 0 aliphatic rings. The molecular formula is C18H23ClN2. The van der Waals surface area contributed by atoms with Gasteiger partial charge in [-0.1, -0.05) is 49.2 Å². The summed E-state index contributed by atoms with van der Waals surface area (Å²) >= 11 is 6.40. The highest BCUT2D eigenvalue weighted by Gasteiger charge is 2.12. The van der Waals surface area contributed by atoms with Crippen LogP contribution in [-0.4, -0.2) is 13.1 Å². The van der Waals surface area contributed by atoms with Gasteiger partial charge in [0.25, 0.3) is 0 Å². The zero-order chi connectivity index (χ0) is 15.4. The molecule has 0 aliphatic heterocycles. The number of nitrogens with zero attached hydrogens (tertiary/aromatic N) is 1. The third-order valence-corrected chi connectivity index (χ3v) is 3.92. The van der Waals surface area contributed by atoms with Gasteiger partial charge in [-0.25, -0.2) is 0 Å². The van der Waals surface area contributed by atoms with Crippen LogP contribution in [0, 0.1) is 6.92 Å². The van der Waals surface area contributed by atoms with Crippen LogP contribution in [0.1, 0.15) is 25.0 Å². The first kappa shape index (κ1) is 15.9. The lowest BCUT2D eigenvalue weighted by Crippen LogP contribution is -2.23. The summed E-state index contributed by atoms with van der Waals surface area (Å²) in [7, 11) is 2.08. The maximum atomic E-state index is 6.40. The molecule has 0 spiro atoms. The second-order valence-corrected chi connectivity index (χ2v) is 6.07. The fourth-order valence-corrected chi connectivity index (χ4v) is 2.49. The molecule has 0 heterocycles. The smallest absolute Gasteiger partial charge is 0.0471 e. The molecule has 112 valence electrons. The summed E-state index contributed by atoms with van der Waals surface area (Å²) in [4.78, 5) is 2.18. The van der Waals surface area contributed by atoms with Crippen LogP contribution in [-0.2, 0) is 6.54 Å². The van der Waals surface area contributed by atoms with E-state index in [2.05, 4.69) is 68.4 Å². The summed E-state index contributed by atoms with van der Waals surface area (Å²) in [5.74, 6) is 0. The van der Waals surface area contributed by atoms with Crippen molar-refractivity contribution >= 4 is 23.0 Å². The van der Waals surface area contributed by atoms with Crippen LogP contribution in [0.25, 0.3) is 0 Å². The van der Waals surface area contributed by atoms with E-state index in [1.54, 1.807) is 0 Å². The first-order valence-corrected chi connectivity index (χ1v) is 7.68. The van der Waals surface area contributed by atoms with E-state index in [-0.39, 0.29) is 0 Å². The Kier molecular flexibility index (Phi) is 5.27. The van der Waals surface area contributed by atoms with Crippen molar-refractivity contribution in [2.45, 2.75) is 33.4 Å². The highest BCUT2D eigenvalue weighted by atomic mass is 35.5. The Balaban J connectivity index is 2.33. The second-order valence-electron chi connectivity index (χ2n) is 5.67. The number of halogens is 1. The fraction of sp³-hybridized carbons (Fsp3) is 0.333. The van der Waals surface area contributed by atoms with E-state index in [1.807, 2.05) is 12.1 Å². The minimum absolute atomic E-state index is 0.429. The van der Waals surface area contributed by atoms with Gasteiger partial charge in [-0.05, 0) is 31.2 Å². The molecule has 2 aromatic carbocycles. The molecule has 2 rings (SSSR count). The Morgan fingerprint density at radius 1 is 1.10 bits per heavy atom. The van der Waals surface area contributed by atoms with Crippen LogP contribution in [0.2, 0.25) is 5.02 Å². The van der Waals surface area contributed by atoms with E-state index in [0.29, 0.717) is 6.04 Å². The molecule has 2 nitrogen and oxygen atoms in total. The van der Waals surface area contributed by atoms with Gasteiger partial charge >= 0.3 is 0 Å². The Labute approximate surface area is 132 Å². The molecule has 0 aromatic heterocycles. The standard InChI is InChI=1S/C18H23ClN2/c1-13(2)20-12-16-17(19)6-5-7-18(16)21(4)15-10-8-14(3)9-11-15/h5-11,13,20H,12H2,1-4H3. The van der Waals surface area contributed by atoms with Crippen molar-refractivity contribution in [1.29, 1.82) is 0 Å². The van der Waals surface area contributed by atoms with E-state index in [1.165, 1.54) is 5.56 Å². The van der Waals surface area contributed by atoms with Crippen LogP contribution in [0.15, 0.2) is 42.5 Å². The minimum Gasteiger partial charge on any atom is -0.344 e. The Bertz CT molecular complexity index is 591. The number of anilines is 2. The number of nitrogens with one attached hydrogen (secondary N) is 1.